The predicted molar refractivity (Wildman–Crippen MR) is 293 cm³/mol. The molecule has 12 heteroatoms. The van der Waals surface area contributed by atoms with Crippen molar-refractivity contribution in [1.29, 1.82) is 0 Å². The van der Waals surface area contributed by atoms with Gasteiger partial charge in [-0.1, -0.05) is 96.3 Å². The second-order valence-electron chi connectivity index (χ2n) is 21.5. The normalized spacial score (nSPS) is 24.8. The number of rotatable bonds is 11. The van der Waals surface area contributed by atoms with Crippen LogP contribution in [-0.4, -0.2) is 74.5 Å². The Morgan fingerprint density at radius 1 is 0.822 bits per heavy atom. The van der Waals surface area contributed by atoms with Crippen LogP contribution in [0.1, 0.15) is 121 Å². The third-order valence-electron chi connectivity index (χ3n) is 17.3. The van der Waals surface area contributed by atoms with Crippen LogP contribution in [0, 0.1) is 17.8 Å². The SMILES string of the molecule is CCc1ccc2cccc3c2c1Cc1c(ccc(O)c1OC)C[C@@H](Cc1cc[nH]c1)[C@H](O)[C@@H]1C(=O)[C@@](Cc2ccc(O)c(OC4CCCCC4)c2)(c2cc(O)cc(C4(NC)CCCC4)c2)[C@@H](O)C[C@H]1CSSC3. The summed E-state index contributed by atoms with van der Waals surface area (Å²) in [6.45, 7) is 2.18. The molecule has 3 aliphatic carbocycles. The molecule has 3 saturated carbocycles. The summed E-state index contributed by atoms with van der Waals surface area (Å²) in [6.07, 6.45) is 12.6. The summed E-state index contributed by atoms with van der Waals surface area (Å²) in [7, 11) is 6.95. The first kappa shape index (κ1) is 51.4. The number of carbonyl (C=O) groups excluding carboxylic acids is 1. The zero-order chi connectivity index (χ0) is 50.9. The van der Waals surface area contributed by atoms with E-state index in [-0.39, 0.29) is 42.0 Å². The van der Waals surface area contributed by atoms with Gasteiger partial charge in [0.15, 0.2) is 28.8 Å². The minimum Gasteiger partial charge on any atom is -0.508 e. The molecule has 0 bridgehead atoms. The van der Waals surface area contributed by atoms with E-state index in [1.54, 1.807) is 53.0 Å². The minimum atomic E-state index is -1.62. The number of aromatic hydroxyl groups is 3. The molecule has 386 valence electrons. The van der Waals surface area contributed by atoms with Gasteiger partial charge in [0.2, 0.25) is 0 Å². The lowest BCUT2D eigenvalue weighted by Crippen LogP contribution is -2.61. The standard InChI is InChI=1S/C61H72N2O8S2/c1-4-39-16-17-40-11-10-12-42-35-72-73-36-44-28-54(67)61(46-29-45(30-47(64)31-46)60(62-2)22-8-9-23-60,33-37-15-19-51(65)53(26-37)71-48-13-6-5-7-14-48)59(69)56(44)57(68)43(25-38-21-24-63-34-38)27-41-18-20-52(66)58(70-3)50(41)32-49(39)55(40)42/h10-12,15-21,24,26,29-31,34,43-44,48,54,56-57,62-68H,4-9,13-14,22-23,25,27-28,32-33,35-36H2,1-3H3/t43-,44+,54+,56-,57+,61+/m1/s1. The zero-order valence-electron chi connectivity index (χ0n) is 42.5. The summed E-state index contributed by atoms with van der Waals surface area (Å²) >= 11 is 0. The van der Waals surface area contributed by atoms with Gasteiger partial charge in [-0.15, -0.1) is 0 Å². The molecule has 6 atom stereocenters. The molecule has 0 radical (unpaired) electrons. The van der Waals surface area contributed by atoms with E-state index in [1.807, 2.05) is 49.8 Å². The molecule has 6 aromatic rings. The minimum absolute atomic E-state index is 0.0125. The Morgan fingerprint density at radius 2 is 1.62 bits per heavy atom. The van der Waals surface area contributed by atoms with E-state index in [0.717, 1.165) is 91.8 Å². The van der Waals surface area contributed by atoms with Gasteiger partial charge < -0.3 is 45.3 Å². The second-order valence-corrected chi connectivity index (χ2v) is 24.0. The molecule has 73 heavy (non-hydrogen) atoms. The summed E-state index contributed by atoms with van der Waals surface area (Å²) in [4.78, 5) is 20.0. The molecular weight excluding hydrogens is 953 g/mol. The molecule has 2 heterocycles. The number of hydrogen-bond acceptors (Lipinski definition) is 11. The van der Waals surface area contributed by atoms with Crippen molar-refractivity contribution >= 4 is 38.1 Å². The van der Waals surface area contributed by atoms with Crippen molar-refractivity contribution in [3.63, 3.8) is 0 Å². The lowest BCUT2D eigenvalue weighted by Gasteiger charge is -2.49. The summed E-state index contributed by atoms with van der Waals surface area (Å²) in [6, 6.07) is 27.3. The van der Waals surface area contributed by atoms with Crippen molar-refractivity contribution in [2.75, 3.05) is 19.9 Å². The van der Waals surface area contributed by atoms with Crippen LogP contribution in [0.2, 0.25) is 0 Å². The van der Waals surface area contributed by atoms with Crippen LogP contribution in [0.25, 0.3) is 10.8 Å². The first-order chi connectivity index (χ1) is 35.4. The van der Waals surface area contributed by atoms with Crippen LogP contribution in [0.5, 0.6) is 28.7 Å². The number of phenols is 3. The molecule has 0 unspecified atom stereocenters. The molecule has 4 aliphatic rings. The van der Waals surface area contributed by atoms with Crippen LogP contribution < -0.4 is 14.8 Å². The monoisotopic (exact) mass is 1020 g/mol. The Kier molecular flexibility index (Phi) is 15.5. The maximum absolute atomic E-state index is 16.8. The Balaban J connectivity index is 1.14. The van der Waals surface area contributed by atoms with Crippen LogP contribution in [0.4, 0.5) is 0 Å². The number of carbonyl (C=O) groups is 1. The van der Waals surface area contributed by atoms with E-state index in [0.29, 0.717) is 53.4 Å². The Bertz CT molecular complexity index is 2910. The van der Waals surface area contributed by atoms with Crippen LogP contribution >= 0.6 is 21.6 Å². The summed E-state index contributed by atoms with van der Waals surface area (Å²) in [5.41, 5.74) is 6.36. The Labute approximate surface area is 438 Å². The van der Waals surface area contributed by atoms with Crippen LogP contribution in [0.15, 0.2) is 97.3 Å². The highest BCUT2D eigenvalue weighted by atomic mass is 33.1. The van der Waals surface area contributed by atoms with Crippen molar-refractivity contribution in [3.8, 4) is 28.7 Å². The van der Waals surface area contributed by atoms with Gasteiger partial charge in [-0.3, -0.25) is 4.79 Å². The maximum Gasteiger partial charge on any atom is 0.164 e. The first-order valence-electron chi connectivity index (χ1n) is 26.6. The number of aromatic nitrogens is 1. The van der Waals surface area contributed by atoms with Gasteiger partial charge in [0.05, 0.1) is 30.8 Å². The van der Waals surface area contributed by atoms with Crippen molar-refractivity contribution in [2.24, 2.45) is 17.8 Å². The van der Waals surface area contributed by atoms with Gasteiger partial charge in [0.25, 0.3) is 0 Å². The molecule has 1 aliphatic heterocycles. The van der Waals surface area contributed by atoms with E-state index < -0.39 is 40.9 Å². The highest BCUT2D eigenvalue weighted by Crippen LogP contribution is 2.52. The van der Waals surface area contributed by atoms with Crippen molar-refractivity contribution < 1.29 is 39.8 Å². The van der Waals surface area contributed by atoms with E-state index >= 15 is 4.79 Å². The topological polar surface area (TPSA) is 164 Å². The highest BCUT2D eigenvalue weighted by Gasteiger charge is 2.58. The van der Waals surface area contributed by atoms with Gasteiger partial charge >= 0.3 is 0 Å². The number of nitrogens with one attached hydrogen (secondary N) is 2. The highest BCUT2D eigenvalue weighted by molar-refractivity contribution is 8.76. The van der Waals surface area contributed by atoms with Crippen LogP contribution in [-0.2, 0) is 53.6 Å². The summed E-state index contributed by atoms with van der Waals surface area (Å²) in [5, 5.41) is 67.2. The number of aromatic amines is 1. The third kappa shape index (κ3) is 10.1. The molecule has 0 amide bonds. The van der Waals surface area contributed by atoms with Gasteiger partial charge in [-0.25, -0.2) is 0 Å². The number of fused-ring (bicyclic) bond motifs is 2. The predicted octanol–water partition coefficient (Wildman–Crippen LogP) is 11.6. The number of ether oxygens (including phenoxy) is 2. The number of aliphatic hydroxyl groups is 2. The number of H-pyrrole nitrogens is 1. The fourth-order valence-corrected chi connectivity index (χ4v) is 15.9. The molecule has 0 saturated heterocycles. The number of phenolic OH excluding ortho intramolecular Hbond substituents is 3. The largest absolute Gasteiger partial charge is 0.508 e. The zero-order valence-corrected chi connectivity index (χ0v) is 44.1. The number of aliphatic hydroxyl groups excluding tert-OH is 2. The fraction of sp³-hybridized carbons (Fsp3) is 0.459. The molecule has 3 fully saturated rings. The Hall–Kier alpha value is -5.11. The number of hydrogen-bond donors (Lipinski definition) is 7. The number of methoxy groups -OCH3 is 1. The van der Waals surface area contributed by atoms with Gasteiger partial charge in [0, 0.05) is 47.3 Å². The average molecular weight is 1030 g/mol. The van der Waals surface area contributed by atoms with Crippen molar-refractivity contribution in [1.82, 2.24) is 10.3 Å². The number of ketones is 1. The van der Waals surface area contributed by atoms with Gasteiger partial charge in [-0.05, 0) is 181 Å². The summed E-state index contributed by atoms with van der Waals surface area (Å²) in [5.74, 6) is -0.118. The number of Topliss-reactive ketones (excluding diaryl/α,β-unsaturated/α-hetero) is 1. The quantitative estimate of drug-likeness (QED) is 0.0618. The van der Waals surface area contributed by atoms with E-state index in [1.165, 1.54) is 22.1 Å². The third-order valence-corrected chi connectivity index (χ3v) is 19.7. The molecular formula is C61H72N2O8S2. The lowest BCUT2D eigenvalue weighted by molar-refractivity contribution is -0.149. The molecule has 1 aromatic heterocycles. The van der Waals surface area contributed by atoms with Gasteiger partial charge in [0.1, 0.15) is 5.75 Å². The van der Waals surface area contributed by atoms with E-state index in [2.05, 4.69) is 47.6 Å². The molecule has 5 aromatic carbocycles. The molecule has 10 rings (SSSR count). The molecule has 7 N–H and O–H groups in total. The fourth-order valence-electron chi connectivity index (χ4n) is 13.4. The van der Waals surface area contributed by atoms with E-state index in [4.69, 9.17) is 9.47 Å². The molecule has 0 spiro atoms. The lowest BCUT2D eigenvalue weighted by atomic mass is 9.55. The van der Waals surface area contributed by atoms with Crippen molar-refractivity contribution in [2.45, 2.75) is 138 Å². The average Bonchev–Trinajstić information content (AvgIpc) is 4.12. The van der Waals surface area contributed by atoms with Crippen molar-refractivity contribution in [3.05, 3.63) is 147 Å². The summed E-state index contributed by atoms with van der Waals surface area (Å²) < 4.78 is 12.6. The smallest absolute Gasteiger partial charge is 0.164 e. The maximum atomic E-state index is 16.8. The number of benzene rings is 5. The van der Waals surface area contributed by atoms with Crippen LogP contribution in [0.3, 0.4) is 0 Å². The van der Waals surface area contributed by atoms with Gasteiger partial charge in [-0.2, -0.15) is 0 Å². The first-order valence-corrected chi connectivity index (χ1v) is 29.1. The second kappa shape index (κ2) is 22.0. The Morgan fingerprint density at radius 3 is 2.37 bits per heavy atom. The molecule has 10 nitrogen and oxygen atoms in total. The number of aryl methyl sites for hydroxylation is 1. The van der Waals surface area contributed by atoms with E-state index in [9.17, 15) is 25.5 Å².